The zero-order valence-corrected chi connectivity index (χ0v) is 16.2. The summed E-state index contributed by atoms with van der Waals surface area (Å²) >= 11 is 0. The van der Waals surface area contributed by atoms with Gasteiger partial charge in [0.05, 0.1) is 25.0 Å². The van der Waals surface area contributed by atoms with Gasteiger partial charge in [-0.25, -0.2) is 9.78 Å². The number of carbonyl (C=O) groups excluding carboxylic acids is 1. The number of methoxy groups -OCH3 is 1. The largest absolute Gasteiger partial charge is 0.495 e. The lowest BCUT2D eigenvalue weighted by Gasteiger charge is -2.41. The van der Waals surface area contributed by atoms with Gasteiger partial charge < -0.3 is 18.6 Å². The van der Waals surface area contributed by atoms with Crippen molar-refractivity contribution in [1.82, 2.24) is 9.38 Å². The fraction of sp³-hybridized carbons (Fsp3) is 0.364. The summed E-state index contributed by atoms with van der Waals surface area (Å²) < 4.78 is 18.9. The molecule has 2 aromatic heterocycles. The fourth-order valence-electron chi connectivity index (χ4n) is 4.74. The molecule has 6 nitrogen and oxygen atoms in total. The lowest BCUT2D eigenvalue weighted by molar-refractivity contribution is 0.0154. The molecule has 3 fully saturated rings. The summed E-state index contributed by atoms with van der Waals surface area (Å²) in [6.07, 6.45) is 5.73. The highest BCUT2D eigenvalue weighted by Crippen LogP contribution is 2.58. The molecule has 1 saturated carbocycles. The summed E-state index contributed by atoms with van der Waals surface area (Å²) in [6, 6.07) is 9.02. The van der Waals surface area contributed by atoms with Crippen molar-refractivity contribution in [3.05, 3.63) is 59.5 Å². The van der Waals surface area contributed by atoms with Crippen LogP contribution < -0.4 is 9.47 Å². The molecule has 1 aliphatic carbocycles. The first-order valence-corrected chi connectivity index (χ1v) is 9.41. The molecular formula is C22H22N2O4. The number of pyridine rings is 1. The Morgan fingerprint density at radius 1 is 1.21 bits per heavy atom. The lowest BCUT2D eigenvalue weighted by atomic mass is 9.62. The van der Waals surface area contributed by atoms with E-state index in [1.165, 1.54) is 0 Å². The lowest BCUT2D eigenvalue weighted by Crippen LogP contribution is -2.45. The first kappa shape index (κ1) is 17.3. The van der Waals surface area contributed by atoms with E-state index in [0.29, 0.717) is 23.7 Å². The summed E-state index contributed by atoms with van der Waals surface area (Å²) in [5.41, 5.74) is 2.98. The van der Waals surface area contributed by atoms with Gasteiger partial charge in [-0.1, -0.05) is 18.2 Å². The van der Waals surface area contributed by atoms with Crippen molar-refractivity contribution < 1.29 is 19.0 Å². The number of esters is 1. The van der Waals surface area contributed by atoms with Crippen molar-refractivity contribution in [2.75, 3.05) is 13.7 Å². The molecule has 144 valence electrons. The van der Waals surface area contributed by atoms with Crippen molar-refractivity contribution in [3.8, 4) is 11.5 Å². The second kappa shape index (κ2) is 5.82. The zero-order valence-electron chi connectivity index (χ0n) is 16.2. The average molecular weight is 378 g/mol. The van der Waals surface area contributed by atoms with Crippen molar-refractivity contribution in [2.24, 2.45) is 0 Å². The third-order valence-electron chi connectivity index (χ3n) is 5.96. The molecule has 28 heavy (non-hydrogen) atoms. The number of aromatic nitrogens is 2. The van der Waals surface area contributed by atoms with E-state index >= 15 is 0 Å². The fourth-order valence-corrected chi connectivity index (χ4v) is 4.74. The number of benzene rings is 1. The van der Waals surface area contributed by atoms with Crippen molar-refractivity contribution in [2.45, 2.75) is 37.7 Å². The predicted molar refractivity (Wildman–Crippen MR) is 103 cm³/mol. The highest BCUT2D eigenvalue weighted by molar-refractivity contribution is 5.95. The van der Waals surface area contributed by atoms with Crippen LogP contribution in [0.15, 0.2) is 42.7 Å². The number of para-hydroxylation sites is 1. The number of hydrogen-bond donors (Lipinski definition) is 0. The Morgan fingerprint density at radius 2 is 1.96 bits per heavy atom. The zero-order chi connectivity index (χ0) is 19.5. The molecule has 0 radical (unpaired) electrons. The van der Waals surface area contributed by atoms with Crippen LogP contribution in [0.5, 0.6) is 11.5 Å². The minimum atomic E-state index is -0.457. The molecule has 6 heteroatoms. The maximum Gasteiger partial charge on any atom is 0.348 e. The van der Waals surface area contributed by atoms with Crippen LogP contribution in [0.1, 0.15) is 41.4 Å². The van der Waals surface area contributed by atoms with Gasteiger partial charge in [-0.3, -0.25) is 0 Å². The van der Waals surface area contributed by atoms with Crippen LogP contribution in [-0.2, 0) is 10.2 Å². The third kappa shape index (κ3) is 2.44. The number of imidazole rings is 1. The Labute approximate surface area is 163 Å². The maximum absolute atomic E-state index is 12.8. The van der Waals surface area contributed by atoms with Crippen LogP contribution in [0.3, 0.4) is 0 Å². The van der Waals surface area contributed by atoms with Gasteiger partial charge in [0.25, 0.3) is 0 Å². The first-order valence-electron chi connectivity index (χ1n) is 9.41. The summed E-state index contributed by atoms with van der Waals surface area (Å²) in [4.78, 5) is 17.7. The van der Waals surface area contributed by atoms with Gasteiger partial charge in [-0.15, -0.1) is 0 Å². The van der Waals surface area contributed by atoms with E-state index in [1.54, 1.807) is 25.4 Å². The third-order valence-corrected chi connectivity index (χ3v) is 5.96. The average Bonchev–Trinajstić information content (AvgIpc) is 3.33. The van der Waals surface area contributed by atoms with Gasteiger partial charge in [-0.2, -0.15) is 0 Å². The molecular weight excluding hydrogens is 356 g/mol. The molecule has 3 aliphatic rings. The van der Waals surface area contributed by atoms with Crippen LogP contribution in [0, 0.1) is 6.92 Å². The van der Waals surface area contributed by atoms with Gasteiger partial charge >= 0.3 is 5.97 Å². The summed E-state index contributed by atoms with van der Waals surface area (Å²) in [5, 5.41) is 0. The van der Waals surface area contributed by atoms with Gasteiger partial charge in [0, 0.05) is 23.4 Å². The van der Waals surface area contributed by atoms with Gasteiger partial charge in [0.15, 0.2) is 0 Å². The Hall–Kier alpha value is -2.86. The number of carbonyl (C=O) groups is 1. The smallest absolute Gasteiger partial charge is 0.348 e. The molecule has 2 saturated heterocycles. The highest BCUT2D eigenvalue weighted by Gasteiger charge is 2.61. The van der Waals surface area contributed by atoms with Gasteiger partial charge in [0.2, 0.25) is 0 Å². The Balaban J connectivity index is 1.55. The van der Waals surface area contributed by atoms with Crippen LogP contribution in [0.2, 0.25) is 0 Å². The molecule has 1 aromatic carbocycles. The van der Waals surface area contributed by atoms with E-state index in [4.69, 9.17) is 19.2 Å². The summed E-state index contributed by atoms with van der Waals surface area (Å²) in [6.45, 7) is 4.77. The molecule has 0 N–H and O–H groups in total. The number of ether oxygens (including phenoxy) is 3. The molecule has 2 bridgehead atoms. The maximum atomic E-state index is 12.8. The molecule has 4 heterocycles. The number of nitrogens with zero attached hydrogens (tertiary/aromatic N) is 2. The van der Waals surface area contributed by atoms with Gasteiger partial charge in [0.1, 0.15) is 22.7 Å². The van der Waals surface area contributed by atoms with Crippen molar-refractivity contribution in [1.29, 1.82) is 0 Å². The first-order chi connectivity index (χ1) is 13.4. The van der Waals surface area contributed by atoms with Crippen LogP contribution in [0.25, 0.3) is 5.65 Å². The quantitative estimate of drug-likeness (QED) is 0.512. The second-order valence-corrected chi connectivity index (χ2v) is 8.13. The van der Waals surface area contributed by atoms with E-state index < -0.39 is 5.97 Å². The number of hydrogen-bond acceptors (Lipinski definition) is 5. The SMILES string of the molecule is COc1c(C(=O)Oc2ccccc2)cn2cc(C34COC(C)(C3)C4)nc2c1C. The Kier molecular flexibility index (Phi) is 3.58. The minimum Gasteiger partial charge on any atom is -0.495 e. The highest BCUT2D eigenvalue weighted by atomic mass is 16.5. The molecule has 0 atom stereocenters. The molecule has 0 amide bonds. The van der Waals surface area contributed by atoms with E-state index in [2.05, 4.69) is 6.92 Å². The topological polar surface area (TPSA) is 62.1 Å². The van der Waals surface area contributed by atoms with E-state index in [-0.39, 0.29) is 11.0 Å². The van der Waals surface area contributed by atoms with E-state index in [0.717, 1.165) is 29.7 Å². The van der Waals surface area contributed by atoms with Crippen LogP contribution in [-0.4, -0.2) is 34.7 Å². The predicted octanol–water partition coefficient (Wildman–Crippen LogP) is 3.69. The molecule has 3 aromatic rings. The van der Waals surface area contributed by atoms with Crippen molar-refractivity contribution in [3.63, 3.8) is 0 Å². The van der Waals surface area contributed by atoms with E-state index in [9.17, 15) is 4.79 Å². The monoisotopic (exact) mass is 378 g/mol. The Bertz CT molecular complexity index is 1080. The van der Waals surface area contributed by atoms with Crippen LogP contribution in [0.4, 0.5) is 0 Å². The molecule has 2 aliphatic heterocycles. The Morgan fingerprint density at radius 3 is 2.61 bits per heavy atom. The van der Waals surface area contributed by atoms with E-state index in [1.807, 2.05) is 35.7 Å². The molecule has 6 rings (SSSR count). The van der Waals surface area contributed by atoms with Crippen molar-refractivity contribution >= 4 is 11.6 Å². The summed E-state index contributed by atoms with van der Waals surface area (Å²) in [5.74, 6) is 0.528. The van der Waals surface area contributed by atoms with Crippen LogP contribution >= 0.6 is 0 Å². The number of rotatable bonds is 4. The normalized spacial score (nSPS) is 25.5. The number of aryl methyl sites for hydroxylation is 1. The minimum absolute atomic E-state index is 0.00676. The standard InChI is InChI=1S/C22H22N2O4/c1-14-18(26-3)16(20(25)28-15-7-5-4-6-8-15)9-24-10-17(23-19(14)24)22-11-21(2,12-22)27-13-22/h4-10H,11-13H2,1-3H3. The second-order valence-electron chi connectivity index (χ2n) is 8.13. The molecule has 0 spiro atoms. The number of fused-ring (bicyclic) bond motifs is 2. The van der Waals surface area contributed by atoms with Gasteiger partial charge in [-0.05, 0) is 38.8 Å². The molecule has 0 unspecified atom stereocenters. The summed E-state index contributed by atoms with van der Waals surface area (Å²) in [7, 11) is 1.56.